The Morgan fingerprint density at radius 1 is 1.07 bits per heavy atom. The number of carboxylic acid groups (broad SMARTS) is 1. The van der Waals surface area contributed by atoms with E-state index in [0.717, 1.165) is 49.2 Å². The minimum atomic E-state index is -0.874. The SMILES string of the molecule is COCC(CC(=O)O)c1ccc(N(CC(C)C)C2CCC(OC)CC2)c(NCOCNc2ccc(Cl)cc2F)c1. The molecule has 40 heavy (non-hydrogen) atoms. The first kappa shape index (κ1) is 31.9. The summed E-state index contributed by atoms with van der Waals surface area (Å²) in [6, 6.07) is 10.9. The number of hydrogen-bond acceptors (Lipinski definition) is 7. The molecule has 222 valence electrons. The highest BCUT2D eigenvalue weighted by atomic mass is 35.5. The fourth-order valence-corrected chi connectivity index (χ4v) is 5.41. The second-order valence-corrected chi connectivity index (χ2v) is 11.1. The molecule has 8 nitrogen and oxygen atoms in total. The molecule has 0 aliphatic heterocycles. The van der Waals surface area contributed by atoms with Crippen molar-refractivity contribution in [3.05, 3.63) is 52.8 Å². The molecule has 1 atom stereocenters. The normalized spacial score (nSPS) is 18.0. The Hall–Kier alpha value is -2.59. The number of halogens is 2. The van der Waals surface area contributed by atoms with Crippen molar-refractivity contribution in [3.8, 4) is 0 Å². The van der Waals surface area contributed by atoms with E-state index in [1.165, 1.54) is 6.07 Å². The molecule has 1 fully saturated rings. The van der Waals surface area contributed by atoms with Crippen LogP contribution in [0.4, 0.5) is 21.5 Å². The zero-order valence-electron chi connectivity index (χ0n) is 23.9. The maximum Gasteiger partial charge on any atom is 0.304 e. The minimum absolute atomic E-state index is 0.0313. The van der Waals surface area contributed by atoms with Crippen molar-refractivity contribution in [3.63, 3.8) is 0 Å². The summed E-state index contributed by atoms with van der Waals surface area (Å²) in [7, 11) is 3.36. The molecular formula is C30H43ClFN3O5. The van der Waals surface area contributed by atoms with Crippen LogP contribution in [-0.2, 0) is 19.0 Å². The number of anilines is 3. The lowest BCUT2D eigenvalue weighted by Crippen LogP contribution is -2.42. The van der Waals surface area contributed by atoms with Crippen molar-refractivity contribution in [1.29, 1.82) is 0 Å². The minimum Gasteiger partial charge on any atom is -0.481 e. The molecule has 2 aromatic rings. The second kappa shape index (κ2) is 16.0. The predicted molar refractivity (Wildman–Crippen MR) is 158 cm³/mol. The average molecular weight is 580 g/mol. The molecule has 1 aliphatic carbocycles. The molecule has 1 saturated carbocycles. The van der Waals surface area contributed by atoms with Crippen molar-refractivity contribution in [2.45, 2.75) is 64.0 Å². The summed E-state index contributed by atoms with van der Waals surface area (Å²) in [4.78, 5) is 14.0. The van der Waals surface area contributed by atoms with Gasteiger partial charge in [0.1, 0.15) is 19.3 Å². The zero-order valence-corrected chi connectivity index (χ0v) is 24.7. The van der Waals surface area contributed by atoms with Crippen LogP contribution >= 0.6 is 11.6 Å². The monoisotopic (exact) mass is 579 g/mol. The smallest absolute Gasteiger partial charge is 0.304 e. The van der Waals surface area contributed by atoms with Gasteiger partial charge in [-0.1, -0.05) is 31.5 Å². The van der Waals surface area contributed by atoms with Gasteiger partial charge in [0.25, 0.3) is 0 Å². The first-order chi connectivity index (χ1) is 19.2. The van der Waals surface area contributed by atoms with E-state index in [2.05, 4.69) is 35.4 Å². The molecule has 1 unspecified atom stereocenters. The van der Waals surface area contributed by atoms with Gasteiger partial charge in [0, 0.05) is 37.7 Å². The lowest BCUT2D eigenvalue weighted by atomic mass is 9.90. The van der Waals surface area contributed by atoms with Crippen molar-refractivity contribution in [1.82, 2.24) is 0 Å². The van der Waals surface area contributed by atoms with Crippen molar-refractivity contribution in [2.24, 2.45) is 5.92 Å². The highest BCUT2D eigenvalue weighted by Crippen LogP contribution is 2.36. The van der Waals surface area contributed by atoms with E-state index in [1.54, 1.807) is 26.4 Å². The number of carbonyl (C=O) groups is 1. The van der Waals surface area contributed by atoms with Crippen molar-refractivity contribution < 1.29 is 28.5 Å². The molecule has 1 aliphatic rings. The summed E-state index contributed by atoms with van der Waals surface area (Å²) in [5.74, 6) is -1.17. The Balaban J connectivity index is 1.81. The third-order valence-corrected chi connectivity index (χ3v) is 7.47. The molecule has 0 radical (unpaired) electrons. The summed E-state index contributed by atoms with van der Waals surface area (Å²) in [5.41, 5.74) is 3.09. The van der Waals surface area contributed by atoms with Gasteiger partial charge >= 0.3 is 5.97 Å². The number of aliphatic carboxylic acids is 1. The molecule has 10 heteroatoms. The van der Waals surface area contributed by atoms with Crippen LogP contribution in [0.1, 0.15) is 57.4 Å². The Kier molecular flexibility index (Phi) is 12.8. The molecule has 0 spiro atoms. The highest BCUT2D eigenvalue weighted by molar-refractivity contribution is 6.30. The summed E-state index contributed by atoms with van der Waals surface area (Å²) < 4.78 is 30.8. The lowest BCUT2D eigenvalue weighted by molar-refractivity contribution is -0.137. The molecule has 0 amide bonds. The van der Waals surface area contributed by atoms with E-state index in [9.17, 15) is 14.3 Å². The topological polar surface area (TPSA) is 92.3 Å². The number of carboxylic acids is 1. The van der Waals surface area contributed by atoms with E-state index in [1.807, 2.05) is 12.1 Å². The maximum atomic E-state index is 14.1. The standard InChI is InChI=1S/C30H43ClFN3O5/c1-20(2)16-35(24-7-9-25(39-4)10-8-24)29-12-5-21(22(17-38-3)14-30(36)37)13-28(29)34-19-40-18-33-27-11-6-23(31)15-26(27)32/h5-6,11-13,15,20,22,24-25,33-34H,7-10,14,16-19H2,1-4H3,(H,36,37). The molecule has 3 rings (SSSR count). The van der Waals surface area contributed by atoms with Gasteiger partial charge in [-0.05, 0) is 67.5 Å². The van der Waals surface area contributed by atoms with E-state index >= 15 is 0 Å². The maximum absolute atomic E-state index is 14.1. The largest absolute Gasteiger partial charge is 0.481 e. The van der Waals surface area contributed by atoms with Crippen LogP contribution in [0.25, 0.3) is 0 Å². The fourth-order valence-electron chi connectivity index (χ4n) is 5.26. The summed E-state index contributed by atoms with van der Waals surface area (Å²) in [6.07, 6.45) is 4.36. The first-order valence-electron chi connectivity index (χ1n) is 13.9. The third-order valence-electron chi connectivity index (χ3n) is 7.23. The van der Waals surface area contributed by atoms with Crippen LogP contribution in [0, 0.1) is 11.7 Å². The Bertz CT molecular complexity index is 1080. The van der Waals surface area contributed by atoms with Gasteiger partial charge in [0.2, 0.25) is 0 Å². The Morgan fingerprint density at radius 2 is 1.77 bits per heavy atom. The van der Waals surface area contributed by atoms with E-state index in [4.69, 9.17) is 25.8 Å². The van der Waals surface area contributed by atoms with Gasteiger partial charge < -0.3 is 34.9 Å². The number of ether oxygens (including phenoxy) is 3. The highest BCUT2D eigenvalue weighted by Gasteiger charge is 2.28. The Labute approximate surface area is 242 Å². The number of hydrogen-bond donors (Lipinski definition) is 3. The molecule has 0 saturated heterocycles. The average Bonchev–Trinajstić information content (AvgIpc) is 2.92. The number of methoxy groups -OCH3 is 2. The third kappa shape index (κ3) is 9.51. The number of nitrogens with zero attached hydrogens (tertiary/aromatic N) is 1. The van der Waals surface area contributed by atoms with Gasteiger partial charge in [-0.3, -0.25) is 4.79 Å². The number of nitrogens with one attached hydrogen (secondary N) is 2. The molecular weight excluding hydrogens is 537 g/mol. The second-order valence-electron chi connectivity index (χ2n) is 10.7. The van der Waals surface area contributed by atoms with Crippen LogP contribution in [0.15, 0.2) is 36.4 Å². The zero-order chi connectivity index (χ0) is 29.1. The Morgan fingerprint density at radius 3 is 2.38 bits per heavy atom. The van der Waals surface area contributed by atoms with Crippen LogP contribution in [0.2, 0.25) is 5.02 Å². The van der Waals surface area contributed by atoms with Crippen LogP contribution in [0.5, 0.6) is 0 Å². The van der Waals surface area contributed by atoms with E-state index in [-0.39, 0.29) is 25.8 Å². The quantitative estimate of drug-likeness (QED) is 0.152. The van der Waals surface area contributed by atoms with Gasteiger partial charge in [-0.25, -0.2) is 4.39 Å². The molecule has 0 heterocycles. The molecule has 3 N–H and O–H groups in total. The number of benzene rings is 2. The summed E-state index contributed by atoms with van der Waals surface area (Å²) in [5, 5.41) is 16.1. The van der Waals surface area contributed by atoms with Crippen molar-refractivity contribution >= 4 is 34.6 Å². The van der Waals surface area contributed by atoms with Gasteiger partial charge in [0.15, 0.2) is 0 Å². The van der Waals surface area contributed by atoms with Gasteiger partial charge in [0.05, 0.1) is 36.2 Å². The van der Waals surface area contributed by atoms with Crippen LogP contribution < -0.4 is 15.5 Å². The summed E-state index contributed by atoms with van der Waals surface area (Å²) in [6.45, 7) is 5.85. The van der Waals surface area contributed by atoms with Gasteiger partial charge in [-0.2, -0.15) is 0 Å². The summed E-state index contributed by atoms with van der Waals surface area (Å²) >= 11 is 5.83. The van der Waals surface area contributed by atoms with E-state index in [0.29, 0.717) is 35.4 Å². The predicted octanol–water partition coefficient (Wildman–Crippen LogP) is 6.56. The van der Waals surface area contributed by atoms with E-state index < -0.39 is 11.8 Å². The molecule has 0 aromatic heterocycles. The number of rotatable bonds is 16. The van der Waals surface area contributed by atoms with Gasteiger partial charge in [-0.15, -0.1) is 0 Å². The van der Waals surface area contributed by atoms with Crippen LogP contribution in [0.3, 0.4) is 0 Å². The van der Waals surface area contributed by atoms with Crippen LogP contribution in [-0.4, -0.2) is 64.1 Å². The molecule has 2 aromatic carbocycles. The first-order valence-corrected chi connectivity index (χ1v) is 14.2. The lowest BCUT2D eigenvalue weighted by Gasteiger charge is -2.40. The fraction of sp³-hybridized carbons (Fsp3) is 0.567. The van der Waals surface area contributed by atoms with Crippen molar-refractivity contribution in [2.75, 3.05) is 56.4 Å². The molecule has 0 bridgehead atoms.